The van der Waals surface area contributed by atoms with Crippen molar-refractivity contribution >= 4 is 21.6 Å². The fourth-order valence-electron chi connectivity index (χ4n) is 3.49. The van der Waals surface area contributed by atoms with Crippen molar-refractivity contribution in [3.05, 3.63) is 69.3 Å². The molecular weight excluding hydrogens is 394 g/mol. The van der Waals surface area contributed by atoms with Crippen LogP contribution >= 0.6 is 0 Å². The lowest BCUT2D eigenvalue weighted by Crippen LogP contribution is -2.43. The molecule has 0 spiro atoms. The van der Waals surface area contributed by atoms with E-state index in [4.69, 9.17) is 0 Å². The molecule has 0 saturated carbocycles. The summed E-state index contributed by atoms with van der Waals surface area (Å²) in [6.07, 6.45) is 1.38. The van der Waals surface area contributed by atoms with Gasteiger partial charge in [-0.05, 0) is 56.0 Å². The molecule has 0 unspecified atom stereocenters. The highest BCUT2D eigenvalue weighted by Crippen LogP contribution is 2.28. The van der Waals surface area contributed by atoms with Crippen LogP contribution in [-0.4, -0.2) is 42.7 Å². The van der Waals surface area contributed by atoms with Crippen LogP contribution in [0.1, 0.15) is 34.3 Å². The lowest BCUT2D eigenvalue weighted by molar-refractivity contribution is -0.384. The molecule has 1 heterocycles. The van der Waals surface area contributed by atoms with Gasteiger partial charge in [0.15, 0.2) is 0 Å². The van der Waals surface area contributed by atoms with Crippen LogP contribution in [0.2, 0.25) is 0 Å². The maximum absolute atomic E-state index is 13.2. The minimum Gasteiger partial charge on any atom is -0.350 e. The molecule has 3 rings (SSSR count). The molecule has 154 valence electrons. The zero-order chi connectivity index (χ0) is 21.2. The van der Waals surface area contributed by atoms with Gasteiger partial charge in [0.1, 0.15) is 0 Å². The number of nitro groups is 1. The quantitative estimate of drug-likeness (QED) is 0.574. The largest absolute Gasteiger partial charge is 0.350 e. The molecule has 2 aromatic carbocycles. The van der Waals surface area contributed by atoms with Gasteiger partial charge in [-0.25, -0.2) is 8.42 Å². The van der Waals surface area contributed by atoms with Crippen molar-refractivity contribution in [3.63, 3.8) is 0 Å². The van der Waals surface area contributed by atoms with Gasteiger partial charge in [0.25, 0.3) is 11.6 Å². The number of hydrogen-bond donors (Lipinski definition) is 1. The van der Waals surface area contributed by atoms with Gasteiger partial charge < -0.3 is 5.32 Å². The molecule has 8 nitrogen and oxygen atoms in total. The average Bonchev–Trinajstić information content (AvgIpc) is 3.17. The predicted molar refractivity (Wildman–Crippen MR) is 108 cm³/mol. The Balaban J connectivity index is 1.71. The topological polar surface area (TPSA) is 110 Å². The third-order valence-electron chi connectivity index (χ3n) is 5.09. The number of carbonyl (C=O) groups is 1. The van der Waals surface area contributed by atoms with Crippen molar-refractivity contribution in [2.24, 2.45) is 0 Å². The Morgan fingerprint density at radius 1 is 1.21 bits per heavy atom. The molecular formula is C20H23N3O5S. The number of non-ortho nitro benzene ring substituents is 1. The highest BCUT2D eigenvalue weighted by molar-refractivity contribution is 7.89. The number of benzene rings is 2. The maximum Gasteiger partial charge on any atom is 0.269 e. The summed E-state index contributed by atoms with van der Waals surface area (Å²) in [5, 5.41) is 13.5. The summed E-state index contributed by atoms with van der Waals surface area (Å²) in [5.41, 5.74) is 1.76. The number of hydrogen-bond acceptors (Lipinski definition) is 5. The molecule has 1 fully saturated rings. The van der Waals surface area contributed by atoms with Gasteiger partial charge in [-0.2, -0.15) is 4.31 Å². The summed E-state index contributed by atoms with van der Waals surface area (Å²) in [7, 11) is -3.66. The fraction of sp³-hybridized carbons (Fsp3) is 0.350. The highest BCUT2D eigenvalue weighted by Gasteiger charge is 2.36. The normalized spacial score (nSPS) is 17.2. The van der Waals surface area contributed by atoms with Gasteiger partial charge in [-0.15, -0.1) is 0 Å². The second-order valence-electron chi connectivity index (χ2n) is 7.19. The van der Waals surface area contributed by atoms with Crippen LogP contribution in [0, 0.1) is 24.0 Å². The van der Waals surface area contributed by atoms with Crippen LogP contribution < -0.4 is 5.32 Å². The number of carbonyl (C=O) groups excluding carboxylic acids is 1. The molecule has 0 aromatic heterocycles. The van der Waals surface area contributed by atoms with E-state index < -0.39 is 20.9 Å². The number of rotatable bonds is 6. The molecule has 0 aliphatic carbocycles. The predicted octanol–water partition coefficient (Wildman–Crippen LogP) is 2.79. The number of sulfonamides is 1. The third kappa shape index (κ3) is 4.46. The van der Waals surface area contributed by atoms with Crippen molar-refractivity contribution in [1.29, 1.82) is 0 Å². The maximum atomic E-state index is 13.2. The Hall–Kier alpha value is -2.78. The monoisotopic (exact) mass is 417 g/mol. The van der Waals surface area contributed by atoms with Gasteiger partial charge in [-0.3, -0.25) is 14.9 Å². The second kappa shape index (κ2) is 8.30. The van der Waals surface area contributed by atoms with Crippen molar-refractivity contribution in [2.45, 2.75) is 37.6 Å². The van der Waals surface area contributed by atoms with Crippen molar-refractivity contribution < 1.29 is 18.1 Å². The number of aryl methyl sites for hydroxylation is 2. The first kappa shape index (κ1) is 20.9. The van der Waals surface area contributed by atoms with Crippen LogP contribution in [0.25, 0.3) is 0 Å². The molecule has 1 saturated heterocycles. The van der Waals surface area contributed by atoms with E-state index in [2.05, 4.69) is 5.32 Å². The van der Waals surface area contributed by atoms with Crippen LogP contribution in [0.15, 0.2) is 47.4 Å². The summed E-state index contributed by atoms with van der Waals surface area (Å²) in [4.78, 5) is 22.8. The Bertz CT molecular complexity index is 1030. The first-order valence-corrected chi connectivity index (χ1v) is 10.8. The second-order valence-corrected chi connectivity index (χ2v) is 9.05. The molecule has 1 aliphatic rings. The van der Waals surface area contributed by atoms with Crippen LogP contribution in [0.5, 0.6) is 0 Å². The Labute approximate surface area is 169 Å². The number of amides is 1. The molecule has 0 bridgehead atoms. The standard InChI is InChI=1S/C20H23N3O5S/c1-14-5-6-15(2)19(12-14)29(27,28)22-11-3-4-18(22)13-21-20(24)16-7-9-17(10-8-16)23(25)26/h5-10,12,18H,3-4,11,13H2,1-2H3,(H,21,24)/t18-/m0/s1. The van der Waals surface area contributed by atoms with Gasteiger partial charge in [0, 0.05) is 36.8 Å². The number of nitrogens with one attached hydrogen (secondary N) is 1. The summed E-state index contributed by atoms with van der Waals surface area (Å²) in [5.74, 6) is -0.393. The van der Waals surface area contributed by atoms with Crippen molar-refractivity contribution in [3.8, 4) is 0 Å². The third-order valence-corrected chi connectivity index (χ3v) is 7.19. The zero-order valence-electron chi connectivity index (χ0n) is 16.3. The highest BCUT2D eigenvalue weighted by atomic mass is 32.2. The number of nitro benzene ring substituents is 1. The molecule has 1 N–H and O–H groups in total. The lowest BCUT2D eigenvalue weighted by atomic mass is 10.2. The molecule has 0 radical (unpaired) electrons. The number of nitrogens with zero attached hydrogens (tertiary/aromatic N) is 2. The summed E-state index contributed by atoms with van der Waals surface area (Å²) in [6, 6.07) is 10.3. The van der Waals surface area contributed by atoms with Crippen LogP contribution in [-0.2, 0) is 10.0 Å². The molecule has 1 atom stereocenters. The SMILES string of the molecule is Cc1ccc(C)c(S(=O)(=O)N2CCC[C@H]2CNC(=O)c2ccc([N+](=O)[O-])cc2)c1. The van der Waals surface area contributed by atoms with Gasteiger partial charge in [0.05, 0.1) is 9.82 Å². The first-order chi connectivity index (χ1) is 13.7. The van der Waals surface area contributed by atoms with E-state index in [9.17, 15) is 23.3 Å². The van der Waals surface area contributed by atoms with Gasteiger partial charge in [0.2, 0.25) is 10.0 Å². The van der Waals surface area contributed by atoms with Gasteiger partial charge >= 0.3 is 0 Å². The Kier molecular flexibility index (Phi) is 5.99. The van der Waals surface area contributed by atoms with E-state index in [-0.39, 0.29) is 23.8 Å². The fourth-order valence-corrected chi connectivity index (χ4v) is 5.49. The first-order valence-electron chi connectivity index (χ1n) is 9.32. The van der Waals surface area contributed by atoms with Crippen molar-refractivity contribution in [2.75, 3.05) is 13.1 Å². The molecule has 2 aromatic rings. The molecule has 1 amide bonds. The minimum absolute atomic E-state index is 0.0943. The van der Waals surface area contributed by atoms with E-state index in [0.717, 1.165) is 12.0 Å². The van der Waals surface area contributed by atoms with Gasteiger partial charge in [-0.1, -0.05) is 12.1 Å². The summed E-state index contributed by atoms with van der Waals surface area (Å²) < 4.78 is 27.8. The van der Waals surface area contributed by atoms with E-state index in [1.807, 2.05) is 13.0 Å². The smallest absolute Gasteiger partial charge is 0.269 e. The van der Waals surface area contributed by atoms with E-state index >= 15 is 0 Å². The zero-order valence-corrected chi connectivity index (χ0v) is 17.1. The van der Waals surface area contributed by atoms with E-state index in [1.54, 1.807) is 19.1 Å². The molecule has 1 aliphatic heterocycles. The van der Waals surface area contributed by atoms with Crippen LogP contribution in [0.3, 0.4) is 0 Å². The van der Waals surface area contributed by atoms with E-state index in [1.165, 1.54) is 28.6 Å². The Morgan fingerprint density at radius 3 is 2.55 bits per heavy atom. The lowest BCUT2D eigenvalue weighted by Gasteiger charge is -2.25. The summed E-state index contributed by atoms with van der Waals surface area (Å²) in [6.45, 7) is 4.21. The Morgan fingerprint density at radius 2 is 1.90 bits per heavy atom. The average molecular weight is 417 g/mol. The molecule has 29 heavy (non-hydrogen) atoms. The summed E-state index contributed by atoms with van der Waals surface area (Å²) >= 11 is 0. The van der Waals surface area contributed by atoms with E-state index in [0.29, 0.717) is 23.4 Å². The van der Waals surface area contributed by atoms with Crippen LogP contribution in [0.4, 0.5) is 5.69 Å². The van der Waals surface area contributed by atoms with Crippen molar-refractivity contribution in [1.82, 2.24) is 9.62 Å². The molecule has 9 heteroatoms. The minimum atomic E-state index is -3.66.